The zero-order valence-corrected chi connectivity index (χ0v) is 12.6. The molecule has 0 aromatic heterocycles. The Hall–Kier alpha value is -1.64. The van der Waals surface area contributed by atoms with Gasteiger partial charge in [-0.2, -0.15) is 4.31 Å². The molecule has 4 N–H and O–H groups in total. The number of hydrogen-bond donors (Lipinski definition) is 2. The summed E-state index contributed by atoms with van der Waals surface area (Å²) in [5, 5.41) is 0. The second-order valence-corrected chi connectivity index (χ2v) is 6.75. The first kappa shape index (κ1) is 15.7. The van der Waals surface area contributed by atoms with Crippen LogP contribution in [-0.4, -0.2) is 45.0 Å². The number of benzene rings is 1. The van der Waals surface area contributed by atoms with Crippen molar-refractivity contribution < 1.29 is 13.2 Å². The van der Waals surface area contributed by atoms with E-state index in [-0.39, 0.29) is 18.3 Å². The van der Waals surface area contributed by atoms with E-state index in [4.69, 9.17) is 16.2 Å². The summed E-state index contributed by atoms with van der Waals surface area (Å²) in [6.07, 6.45) is 0. The highest BCUT2D eigenvalue weighted by atomic mass is 32.2. The van der Waals surface area contributed by atoms with E-state index in [0.29, 0.717) is 31.9 Å². The summed E-state index contributed by atoms with van der Waals surface area (Å²) in [5.41, 5.74) is 12.2. The van der Waals surface area contributed by atoms with E-state index in [9.17, 15) is 8.42 Å². The molecule has 1 aliphatic heterocycles. The Morgan fingerprint density at radius 1 is 1.19 bits per heavy atom. The lowest BCUT2D eigenvalue weighted by molar-refractivity contribution is 0.0729. The van der Waals surface area contributed by atoms with E-state index < -0.39 is 10.0 Å². The number of hydrogen-bond acceptors (Lipinski definition) is 4. The Balaban J connectivity index is 2.16. The number of nitrogens with two attached hydrogens (primary N) is 2. The van der Waals surface area contributed by atoms with E-state index in [1.165, 1.54) is 4.31 Å². The summed E-state index contributed by atoms with van der Waals surface area (Å²) in [6, 6.07) is 7.26. The molecule has 0 aliphatic carbocycles. The van der Waals surface area contributed by atoms with Gasteiger partial charge in [-0.15, -0.1) is 0 Å². The summed E-state index contributed by atoms with van der Waals surface area (Å²) in [4.78, 5) is 3.94. The summed E-state index contributed by atoms with van der Waals surface area (Å²) in [5.74, 6) is -0.0655. The normalized spacial score (nSPS) is 16.6. The molecule has 1 aromatic carbocycles. The van der Waals surface area contributed by atoms with Crippen LogP contribution in [0.3, 0.4) is 0 Å². The second-order valence-electron chi connectivity index (χ2n) is 4.78. The van der Waals surface area contributed by atoms with Crippen LogP contribution in [0, 0.1) is 0 Å². The van der Waals surface area contributed by atoms with Crippen molar-refractivity contribution in [2.24, 2.45) is 16.5 Å². The number of guanidine groups is 1. The van der Waals surface area contributed by atoms with Crippen LogP contribution in [0.15, 0.2) is 29.3 Å². The predicted octanol–water partition coefficient (Wildman–Crippen LogP) is -0.378. The van der Waals surface area contributed by atoms with Crippen LogP contribution in [0.2, 0.25) is 0 Å². The summed E-state index contributed by atoms with van der Waals surface area (Å²) in [7, 11) is -3.36. The molecule has 0 atom stereocenters. The van der Waals surface area contributed by atoms with E-state index >= 15 is 0 Å². The number of ether oxygens (including phenoxy) is 1. The molecule has 1 aromatic rings. The maximum absolute atomic E-state index is 12.4. The quantitative estimate of drug-likeness (QED) is 0.569. The van der Waals surface area contributed by atoms with E-state index in [1.54, 1.807) is 6.07 Å². The molecule has 1 heterocycles. The highest BCUT2D eigenvalue weighted by Crippen LogP contribution is 2.17. The Morgan fingerprint density at radius 2 is 1.81 bits per heavy atom. The zero-order valence-electron chi connectivity index (χ0n) is 11.7. The van der Waals surface area contributed by atoms with Gasteiger partial charge < -0.3 is 16.2 Å². The van der Waals surface area contributed by atoms with E-state index in [1.807, 2.05) is 18.2 Å². The highest BCUT2D eigenvalue weighted by Gasteiger charge is 2.25. The van der Waals surface area contributed by atoms with Gasteiger partial charge in [0.2, 0.25) is 10.0 Å². The van der Waals surface area contributed by atoms with Crippen LogP contribution in [0.1, 0.15) is 11.1 Å². The van der Waals surface area contributed by atoms with Crippen molar-refractivity contribution in [2.45, 2.75) is 12.3 Å². The Kier molecular flexibility index (Phi) is 5.16. The zero-order chi connectivity index (χ0) is 15.3. The fourth-order valence-electron chi connectivity index (χ4n) is 2.14. The molecule has 21 heavy (non-hydrogen) atoms. The summed E-state index contributed by atoms with van der Waals surface area (Å²) < 4.78 is 31.5. The standard InChI is InChI=1S/C13H20N4O3S/c14-13(15)16-9-11-3-1-2-4-12(11)10-21(18,19)17-5-7-20-8-6-17/h1-4H,5-10H2,(H4,14,15,16). The maximum atomic E-state index is 12.4. The molecule has 7 nitrogen and oxygen atoms in total. The van der Waals surface area contributed by atoms with E-state index in [0.717, 1.165) is 5.56 Å². The van der Waals surface area contributed by atoms with Crippen LogP contribution >= 0.6 is 0 Å². The van der Waals surface area contributed by atoms with Gasteiger partial charge in [-0.25, -0.2) is 13.4 Å². The van der Waals surface area contributed by atoms with Crippen LogP contribution in [0.5, 0.6) is 0 Å². The largest absolute Gasteiger partial charge is 0.379 e. The molecule has 8 heteroatoms. The molecule has 1 aliphatic rings. The average Bonchev–Trinajstić information content (AvgIpc) is 2.47. The number of nitrogens with zero attached hydrogens (tertiary/aromatic N) is 2. The smallest absolute Gasteiger partial charge is 0.218 e. The fraction of sp³-hybridized carbons (Fsp3) is 0.462. The monoisotopic (exact) mass is 312 g/mol. The molecule has 0 bridgehead atoms. The van der Waals surface area contributed by atoms with Crippen LogP contribution in [0.25, 0.3) is 0 Å². The molecule has 2 rings (SSSR count). The van der Waals surface area contributed by atoms with Crippen LogP contribution < -0.4 is 11.5 Å². The molecular weight excluding hydrogens is 292 g/mol. The minimum atomic E-state index is -3.36. The van der Waals surface area contributed by atoms with Gasteiger partial charge in [-0.1, -0.05) is 24.3 Å². The minimum absolute atomic E-state index is 0.0131. The molecule has 0 amide bonds. The first-order valence-electron chi connectivity index (χ1n) is 6.67. The Morgan fingerprint density at radius 3 is 2.43 bits per heavy atom. The van der Waals surface area contributed by atoms with Gasteiger partial charge in [0.25, 0.3) is 0 Å². The van der Waals surface area contributed by atoms with Gasteiger partial charge in [0, 0.05) is 13.1 Å². The van der Waals surface area contributed by atoms with Crippen molar-refractivity contribution >= 4 is 16.0 Å². The van der Waals surface area contributed by atoms with Crippen LogP contribution in [-0.2, 0) is 27.1 Å². The molecular formula is C13H20N4O3S. The lowest BCUT2D eigenvalue weighted by Gasteiger charge is -2.26. The number of aliphatic imine (C=N–C) groups is 1. The third kappa shape index (κ3) is 4.42. The van der Waals surface area contributed by atoms with Crippen molar-refractivity contribution in [2.75, 3.05) is 26.3 Å². The second kappa shape index (κ2) is 6.88. The molecule has 0 saturated carbocycles. The fourth-order valence-corrected chi connectivity index (χ4v) is 3.70. The third-order valence-corrected chi connectivity index (χ3v) is 5.08. The molecule has 1 fully saturated rings. The SMILES string of the molecule is NC(N)=NCc1ccccc1CS(=O)(=O)N1CCOCC1. The minimum Gasteiger partial charge on any atom is -0.379 e. The van der Waals surface area contributed by atoms with Gasteiger partial charge >= 0.3 is 0 Å². The molecule has 0 unspecified atom stereocenters. The molecule has 116 valence electrons. The van der Waals surface area contributed by atoms with Crippen molar-refractivity contribution in [1.82, 2.24) is 4.31 Å². The van der Waals surface area contributed by atoms with E-state index in [2.05, 4.69) is 4.99 Å². The van der Waals surface area contributed by atoms with Crippen LogP contribution in [0.4, 0.5) is 0 Å². The lowest BCUT2D eigenvalue weighted by atomic mass is 10.1. The maximum Gasteiger partial charge on any atom is 0.218 e. The van der Waals surface area contributed by atoms with Crippen molar-refractivity contribution in [1.29, 1.82) is 0 Å². The third-order valence-electron chi connectivity index (χ3n) is 3.25. The Labute approximate surface area is 124 Å². The van der Waals surface area contributed by atoms with Crippen molar-refractivity contribution in [3.63, 3.8) is 0 Å². The first-order valence-corrected chi connectivity index (χ1v) is 8.28. The summed E-state index contributed by atoms with van der Waals surface area (Å²) >= 11 is 0. The summed E-state index contributed by atoms with van der Waals surface area (Å²) in [6.45, 7) is 1.96. The van der Waals surface area contributed by atoms with Crippen molar-refractivity contribution in [3.05, 3.63) is 35.4 Å². The molecule has 1 saturated heterocycles. The van der Waals surface area contributed by atoms with Gasteiger partial charge in [0.1, 0.15) is 0 Å². The molecule has 0 spiro atoms. The van der Waals surface area contributed by atoms with Gasteiger partial charge in [-0.05, 0) is 11.1 Å². The topological polar surface area (TPSA) is 111 Å². The van der Waals surface area contributed by atoms with Gasteiger partial charge in [0.15, 0.2) is 5.96 Å². The number of morpholine rings is 1. The van der Waals surface area contributed by atoms with Gasteiger partial charge in [-0.3, -0.25) is 0 Å². The first-order chi connectivity index (χ1) is 9.99. The average molecular weight is 312 g/mol. The lowest BCUT2D eigenvalue weighted by Crippen LogP contribution is -2.41. The Bertz CT molecular complexity index is 606. The van der Waals surface area contributed by atoms with Gasteiger partial charge in [0.05, 0.1) is 25.5 Å². The number of rotatable bonds is 5. The number of sulfonamides is 1. The molecule has 0 radical (unpaired) electrons. The van der Waals surface area contributed by atoms with Crippen molar-refractivity contribution in [3.8, 4) is 0 Å². The predicted molar refractivity (Wildman–Crippen MR) is 81.0 cm³/mol. The highest BCUT2D eigenvalue weighted by molar-refractivity contribution is 7.88.